The fourth-order valence-corrected chi connectivity index (χ4v) is 4.57. The van der Waals surface area contributed by atoms with Crippen molar-refractivity contribution in [2.45, 2.75) is 52.1 Å². The van der Waals surface area contributed by atoms with Crippen molar-refractivity contribution in [3.8, 4) is 5.75 Å². The molecule has 1 aromatic rings. The molecule has 27 heavy (non-hydrogen) atoms. The number of anilines is 1. The lowest BCUT2D eigenvalue weighted by molar-refractivity contribution is -0.914. The average Bonchev–Trinajstić information content (AvgIpc) is 2.71. The van der Waals surface area contributed by atoms with Gasteiger partial charge in [-0.15, -0.1) is 0 Å². The van der Waals surface area contributed by atoms with Gasteiger partial charge in [0.05, 0.1) is 33.3 Å². The molecule has 1 amide bonds. The minimum absolute atomic E-state index is 0.0156. The van der Waals surface area contributed by atoms with E-state index in [1.165, 1.54) is 23.4 Å². The van der Waals surface area contributed by atoms with Crippen LogP contribution in [0.2, 0.25) is 0 Å². The average molecular weight is 375 g/mol. The van der Waals surface area contributed by atoms with Crippen LogP contribution in [0.25, 0.3) is 0 Å². The second-order valence-electron chi connectivity index (χ2n) is 8.45. The maximum Gasteiger partial charge on any atom is 0.278 e. The van der Waals surface area contributed by atoms with Crippen molar-refractivity contribution in [3.05, 3.63) is 24.3 Å². The van der Waals surface area contributed by atoms with Gasteiger partial charge in [0.25, 0.3) is 5.91 Å². The number of carbonyl (C=O) groups is 1. The molecule has 3 rings (SSSR count). The van der Waals surface area contributed by atoms with Crippen molar-refractivity contribution in [1.29, 1.82) is 0 Å². The first-order chi connectivity index (χ1) is 13.0. The van der Waals surface area contributed by atoms with Gasteiger partial charge in [0.2, 0.25) is 0 Å². The van der Waals surface area contributed by atoms with Gasteiger partial charge in [-0.2, -0.15) is 0 Å². The van der Waals surface area contributed by atoms with Crippen molar-refractivity contribution in [3.63, 3.8) is 0 Å². The summed E-state index contributed by atoms with van der Waals surface area (Å²) in [5.74, 6) is 2.41. The molecule has 2 aliphatic rings. The van der Waals surface area contributed by atoms with Gasteiger partial charge in [-0.05, 0) is 37.3 Å². The Labute approximate surface area is 164 Å². The summed E-state index contributed by atoms with van der Waals surface area (Å²) in [5, 5.41) is 3.36. The lowest BCUT2D eigenvalue weighted by Crippen LogP contribution is -3.19. The van der Waals surface area contributed by atoms with Crippen LogP contribution in [0.4, 0.5) is 5.69 Å². The third-order valence-corrected chi connectivity index (χ3v) is 6.86. The third-order valence-electron chi connectivity index (χ3n) is 6.86. The van der Waals surface area contributed by atoms with Gasteiger partial charge in [-0.25, -0.2) is 0 Å². The second kappa shape index (κ2) is 8.96. The highest BCUT2D eigenvalue weighted by Crippen LogP contribution is 2.29. The molecule has 5 nitrogen and oxygen atoms in total. The number of quaternary nitrogens is 1. The smallest absolute Gasteiger partial charge is 0.278 e. The molecule has 2 fully saturated rings. The minimum Gasteiger partial charge on any atom is -0.497 e. The van der Waals surface area contributed by atoms with E-state index in [9.17, 15) is 4.79 Å². The number of nitrogens with one attached hydrogen (secondary N) is 2. The molecular weight excluding hydrogens is 338 g/mol. The van der Waals surface area contributed by atoms with Crippen molar-refractivity contribution in [2.75, 3.05) is 38.2 Å². The molecular formula is C22H36N3O2+. The maximum absolute atomic E-state index is 12.8. The van der Waals surface area contributed by atoms with E-state index in [2.05, 4.69) is 43.1 Å². The normalized spacial score (nSPS) is 27.9. The van der Waals surface area contributed by atoms with E-state index in [1.807, 2.05) is 12.1 Å². The molecule has 1 saturated heterocycles. The molecule has 150 valence electrons. The number of amides is 1. The summed E-state index contributed by atoms with van der Waals surface area (Å²) in [6.07, 6.45) is 3.65. The number of methoxy groups -OCH3 is 1. The molecule has 1 heterocycles. The van der Waals surface area contributed by atoms with Crippen LogP contribution in [0.5, 0.6) is 5.75 Å². The fraction of sp³-hybridized carbons (Fsp3) is 0.682. The molecule has 1 aromatic carbocycles. The number of piperazine rings is 1. The van der Waals surface area contributed by atoms with E-state index in [0.29, 0.717) is 17.9 Å². The Kier molecular flexibility index (Phi) is 6.64. The number of nitrogens with zero attached hydrogens (tertiary/aromatic N) is 1. The lowest BCUT2D eigenvalue weighted by Gasteiger charge is -2.38. The van der Waals surface area contributed by atoms with Crippen molar-refractivity contribution < 1.29 is 14.4 Å². The topological polar surface area (TPSA) is 46.0 Å². The van der Waals surface area contributed by atoms with Crippen LogP contribution in [0.1, 0.15) is 40.0 Å². The minimum atomic E-state index is 0.0156. The predicted octanol–water partition coefficient (Wildman–Crippen LogP) is 1.73. The Balaban J connectivity index is 1.51. The second-order valence-corrected chi connectivity index (χ2v) is 8.45. The Bertz CT molecular complexity index is 628. The fourth-order valence-electron chi connectivity index (χ4n) is 4.57. The highest BCUT2D eigenvalue weighted by Gasteiger charge is 2.33. The number of benzene rings is 1. The summed E-state index contributed by atoms with van der Waals surface area (Å²) in [5.41, 5.74) is 1.20. The van der Waals surface area contributed by atoms with Gasteiger partial charge >= 0.3 is 0 Å². The van der Waals surface area contributed by atoms with Gasteiger partial charge in [0.1, 0.15) is 5.75 Å². The van der Waals surface area contributed by atoms with E-state index in [4.69, 9.17) is 4.74 Å². The van der Waals surface area contributed by atoms with E-state index in [0.717, 1.165) is 38.3 Å². The first-order valence-electron chi connectivity index (χ1n) is 10.5. The molecule has 1 aliphatic heterocycles. The van der Waals surface area contributed by atoms with Gasteiger partial charge in [0, 0.05) is 17.8 Å². The first kappa shape index (κ1) is 20.0. The molecule has 0 aromatic heterocycles. The van der Waals surface area contributed by atoms with Crippen LogP contribution in [0, 0.1) is 11.8 Å². The van der Waals surface area contributed by atoms with Crippen LogP contribution < -0.4 is 19.9 Å². The summed E-state index contributed by atoms with van der Waals surface area (Å²) in [7, 11) is 1.70. The molecule has 0 radical (unpaired) electrons. The largest absolute Gasteiger partial charge is 0.497 e. The Morgan fingerprint density at radius 3 is 2.70 bits per heavy atom. The zero-order valence-electron chi connectivity index (χ0n) is 17.3. The predicted molar refractivity (Wildman–Crippen MR) is 109 cm³/mol. The van der Waals surface area contributed by atoms with Gasteiger partial charge < -0.3 is 19.9 Å². The molecule has 0 unspecified atom stereocenters. The molecule has 0 spiro atoms. The van der Waals surface area contributed by atoms with E-state index in [1.54, 1.807) is 7.11 Å². The molecule has 1 aliphatic carbocycles. The SMILES string of the molecule is COc1cccc(N2CC[NH+]([C@H](C)C(=O)N[C@@H]3CCC[C@H](C)[C@H]3C)CC2)c1. The number of carbonyl (C=O) groups excluding carboxylic acids is 1. The van der Waals surface area contributed by atoms with Gasteiger partial charge in [-0.1, -0.05) is 32.8 Å². The number of hydrogen-bond acceptors (Lipinski definition) is 3. The van der Waals surface area contributed by atoms with Crippen LogP contribution in [0.3, 0.4) is 0 Å². The summed E-state index contributed by atoms with van der Waals surface area (Å²) >= 11 is 0. The van der Waals surface area contributed by atoms with Crippen molar-refractivity contribution >= 4 is 11.6 Å². The highest BCUT2D eigenvalue weighted by molar-refractivity contribution is 5.80. The Morgan fingerprint density at radius 1 is 1.26 bits per heavy atom. The van der Waals surface area contributed by atoms with E-state index < -0.39 is 0 Å². The summed E-state index contributed by atoms with van der Waals surface area (Å²) in [6.45, 7) is 10.6. The van der Waals surface area contributed by atoms with E-state index in [-0.39, 0.29) is 11.9 Å². The number of rotatable bonds is 5. The third kappa shape index (κ3) is 4.75. The molecule has 0 bridgehead atoms. The van der Waals surface area contributed by atoms with Gasteiger partial charge in [0.15, 0.2) is 6.04 Å². The van der Waals surface area contributed by atoms with Crippen LogP contribution >= 0.6 is 0 Å². The standard InChI is InChI=1S/C22H35N3O2/c1-16-7-5-10-21(17(16)2)23-22(26)18(3)24-11-13-25(14-12-24)19-8-6-9-20(15-19)27-4/h6,8-9,15-18,21H,5,7,10-14H2,1-4H3,(H,23,26)/p+1/t16-,17+,18+,21+/m0/s1. The number of ether oxygens (including phenoxy) is 1. The monoisotopic (exact) mass is 374 g/mol. The van der Waals surface area contributed by atoms with Crippen molar-refractivity contribution in [2.24, 2.45) is 11.8 Å². The zero-order chi connectivity index (χ0) is 19.4. The van der Waals surface area contributed by atoms with Crippen LogP contribution in [0.15, 0.2) is 24.3 Å². The van der Waals surface area contributed by atoms with Crippen LogP contribution in [-0.4, -0.2) is 51.3 Å². The zero-order valence-corrected chi connectivity index (χ0v) is 17.3. The van der Waals surface area contributed by atoms with Gasteiger partial charge in [-0.3, -0.25) is 4.79 Å². The Morgan fingerprint density at radius 2 is 2.00 bits per heavy atom. The summed E-state index contributed by atoms with van der Waals surface area (Å²) < 4.78 is 5.34. The maximum atomic E-state index is 12.8. The molecule has 1 saturated carbocycles. The Hall–Kier alpha value is -1.75. The molecule has 5 heteroatoms. The lowest BCUT2D eigenvalue weighted by atomic mass is 9.78. The summed E-state index contributed by atoms with van der Waals surface area (Å²) in [6, 6.07) is 8.60. The molecule has 2 N–H and O–H groups in total. The van der Waals surface area contributed by atoms with E-state index >= 15 is 0 Å². The quantitative estimate of drug-likeness (QED) is 0.825. The number of hydrogen-bond donors (Lipinski definition) is 2. The summed E-state index contributed by atoms with van der Waals surface area (Å²) in [4.78, 5) is 16.6. The highest BCUT2D eigenvalue weighted by atomic mass is 16.5. The first-order valence-corrected chi connectivity index (χ1v) is 10.5. The molecule has 4 atom stereocenters. The van der Waals surface area contributed by atoms with Crippen molar-refractivity contribution in [1.82, 2.24) is 5.32 Å². The van der Waals surface area contributed by atoms with Crippen LogP contribution in [-0.2, 0) is 4.79 Å².